The van der Waals surface area contributed by atoms with E-state index in [-0.39, 0.29) is 11.8 Å². The highest BCUT2D eigenvalue weighted by Crippen LogP contribution is 2.19. The van der Waals surface area contributed by atoms with E-state index in [2.05, 4.69) is 22.4 Å². The van der Waals surface area contributed by atoms with Crippen LogP contribution in [0.3, 0.4) is 0 Å². The number of imidazole rings is 1. The molecule has 1 amide bonds. The molecule has 25 heavy (non-hydrogen) atoms. The third-order valence-electron chi connectivity index (χ3n) is 4.31. The smallest absolute Gasteiger partial charge is 0.227 e. The van der Waals surface area contributed by atoms with E-state index in [9.17, 15) is 4.79 Å². The SMILES string of the molecule is CC[C@@H](C(=O)NCc1cccc(Cn2ccnc2)c1)c1ccccc1. The highest BCUT2D eigenvalue weighted by molar-refractivity contribution is 5.83. The Morgan fingerprint density at radius 2 is 1.92 bits per heavy atom. The lowest BCUT2D eigenvalue weighted by Gasteiger charge is -2.15. The third-order valence-corrected chi connectivity index (χ3v) is 4.31. The summed E-state index contributed by atoms with van der Waals surface area (Å²) in [5, 5.41) is 3.08. The minimum atomic E-state index is -0.102. The first-order chi connectivity index (χ1) is 12.3. The van der Waals surface area contributed by atoms with E-state index >= 15 is 0 Å². The second kappa shape index (κ2) is 8.29. The number of aromatic nitrogens is 2. The fraction of sp³-hybridized carbons (Fsp3) is 0.238. The van der Waals surface area contributed by atoms with Crippen molar-refractivity contribution in [3.05, 3.63) is 90.0 Å². The molecule has 0 fully saturated rings. The first kappa shape index (κ1) is 17.0. The van der Waals surface area contributed by atoms with Crippen molar-refractivity contribution < 1.29 is 4.79 Å². The van der Waals surface area contributed by atoms with E-state index in [1.165, 1.54) is 5.56 Å². The van der Waals surface area contributed by atoms with Crippen LogP contribution < -0.4 is 5.32 Å². The van der Waals surface area contributed by atoms with Crippen LogP contribution in [0.5, 0.6) is 0 Å². The molecule has 0 aliphatic carbocycles. The number of nitrogens with zero attached hydrogens (tertiary/aromatic N) is 2. The summed E-state index contributed by atoms with van der Waals surface area (Å²) in [6.45, 7) is 3.37. The molecule has 3 rings (SSSR count). The van der Waals surface area contributed by atoms with Crippen molar-refractivity contribution in [1.29, 1.82) is 0 Å². The second-order valence-electron chi connectivity index (χ2n) is 6.14. The van der Waals surface area contributed by atoms with Gasteiger partial charge in [0.2, 0.25) is 5.91 Å². The average molecular weight is 333 g/mol. The molecule has 1 heterocycles. The van der Waals surface area contributed by atoms with E-state index in [1.807, 2.05) is 60.2 Å². The molecule has 0 spiro atoms. The van der Waals surface area contributed by atoms with Crippen LogP contribution in [0.25, 0.3) is 0 Å². The molecular weight excluding hydrogens is 310 g/mol. The Kier molecular flexibility index (Phi) is 5.62. The standard InChI is InChI=1S/C21H23N3O/c1-2-20(19-9-4-3-5-10-19)21(25)23-14-17-7-6-8-18(13-17)15-24-12-11-22-16-24/h3-13,16,20H,2,14-15H2,1H3,(H,23,25)/t20-/m1/s1. The third kappa shape index (κ3) is 4.57. The predicted octanol–water partition coefficient (Wildman–Crippen LogP) is 3.74. The summed E-state index contributed by atoms with van der Waals surface area (Å²) in [5.41, 5.74) is 3.37. The van der Waals surface area contributed by atoms with Gasteiger partial charge in [-0.2, -0.15) is 0 Å². The van der Waals surface area contributed by atoms with E-state index in [1.54, 1.807) is 12.5 Å². The molecule has 2 aromatic carbocycles. The number of rotatable bonds is 7. The van der Waals surface area contributed by atoms with Gasteiger partial charge in [0, 0.05) is 25.5 Å². The maximum absolute atomic E-state index is 12.6. The minimum Gasteiger partial charge on any atom is -0.351 e. The summed E-state index contributed by atoms with van der Waals surface area (Å²) >= 11 is 0. The van der Waals surface area contributed by atoms with Gasteiger partial charge in [0.05, 0.1) is 12.2 Å². The van der Waals surface area contributed by atoms with Crippen molar-refractivity contribution >= 4 is 5.91 Å². The summed E-state index contributed by atoms with van der Waals surface area (Å²) in [5.74, 6) is -0.0240. The lowest BCUT2D eigenvalue weighted by atomic mass is 9.95. The van der Waals surface area contributed by atoms with Crippen LogP contribution >= 0.6 is 0 Å². The van der Waals surface area contributed by atoms with Crippen molar-refractivity contribution in [1.82, 2.24) is 14.9 Å². The molecule has 4 nitrogen and oxygen atoms in total. The summed E-state index contributed by atoms with van der Waals surface area (Å²) in [4.78, 5) is 16.6. The fourth-order valence-electron chi connectivity index (χ4n) is 3.00. The van der Waals surface area contributed by atoms with E-state index < -0.39 is 0 Å². The van der Waals surface area contributed by atoms with Crippen molar-refractivity contribution in [2.45, 2.75) is 32.4 Å². The molecule has 1 aromatic heterocycles. The molecule has 1 N–H and O–H groups in total. The molecule has 0 radical (unpaired) electrons. The molecule has 1 atom stereocenters. The van der Waals surface area contributed by atoms with E-state index in [0.717, 1.165) is 24.1 Å². The van der Waals surface area contributed by atoms with E-state index in [0.29, 0.717) is 6.54 Å². The Morgan fingerprint density at radius 1 is 1.12 bits per heavy atom. The second-order valence-corrected chi connectivity index (χ2v) is 6.14. The van der Waals surface area contributed by atoms with Crippen LogP contribution in [-0.4, -0.2) is 15.5 Å². The van der Waals surface area contributed by atoms with Gasteiger partial charge in [-0.1, -0.05) is 61.5 Å². The lowest BCUT2D eigenvalue weighted by molar-refractivity contribution is -0.122. The van der Waals surface area contributed by atoms with E-state index in [4.69, 9.17) is 0 Å². The van der Waals surface area contributed by atoms with Crippen molar-refractivity contribution in [3.63, 3.8) is 0 Å². The monoisotopic (exact) mass is 333 g/mol. The van der Waals surface area contributed by atoms with Gasteiger partial charge in [-0.05, 0) is 23.1 Å². The zero-order valence-corrected chi connectivity index (χ0v) is 14.4. The number of amides is 1. The fourth-order valence-corrected chi connectivity index (χ4v) is 3.00. The summed E-state index contributed by atoms with van der Waals surface area (Å²) in [7, 11) is 0. The molecule has 0 bridgehead atoms. The maximum atomic E-state index is 12.6. The molecule has 0 unspecified atom stereocenters. The van der Waals surface area contributed by atoms with Crippen LogP contribution in [0.4, 0.5) is 0 Å². The summed E-state index contributed by atoms with van der Waals surface area (Å²) in [6, 6.07) is 18.2. The number of carbonyl (C=O) groups is 1. The largest absolute Gasteiger partial charge is 0.351 e. The van der Waals surface area contributed by atoms with Crippen LogP contribution in [0.1, 0.15) is 36.0 Å². The first-order valence-electron chi connectivity index (χ1n) is 8.62. The van der Waals surface area contributed by atoms with Gasteiger partial charge in [-0.3, -0.25) is 4.79 Å². The molecule has 0 aliphatic rings. The molecule has 0 saturated heterocycles. The molecule has 128 valence electrons. The Hall–Kier alpha value is -2.88. The Balaban J connectivity index is 1.62. The number of carbonyl (C=O) groups excluding carboxylic acids is 1. The van der Waals surface area contributed by atoms with Gasteiger partial charge < -0.3 is 9.88 Å². The zero-order valence-electron chi connectivity index (χ0n) is 14.4. The normalized spacial score (nSPS) is 11.9. The number of hydrogen-bond acceptors (Lipinski definition) is 2. The summed E-state index contributed by atoms with van der Waals surface area (Å²) < 4.78 is 2.03. The molecule has 4 heteroatoms. The van der Waals surface area contributed by atoms with Crippen LogP contribution in [0.15, 0.2) is 73.3 Å². The lowest BCUT2D eigenvalue weighted by Crippen LogP contribution is -2.28. The molecule has 0 saturated carbocycles. The highest BCUT2D eigenvalue weighted by atomic mass is 16.1. The van der Waals surface area contributed by atoms with Crippen LogP contribution in [-0.2, 0) is 17.9 Å². The van der Waals surface area contributed by atoms with Crippen molar-refractivity contribution in [2.75, 3.05) is 0 Å². The predicted molar refractivity (Wildman–Crippen MR) is 99.1 cm³/mol. The summed E-state index contributed by atoms with van der Waals surface area (Å²) in [6.07, 6.45) is 6.31. The minimum absolute atomic E-state index is 0.0775. The van der Waals surface area contributed by atoms with Gasteiger partial charge in [-0.25, -0.2) is 4.98 Å². The van der Waals surface area contributed by atoms with Gasteiger partial charge in [0.25, 0.3) is 0 Å². The number of hydrogen-bond donors (Lipinski definition) is 1. The Morgan fingerprint density at radius 3 is 2.64 bits per heavy atom. The van der Waals surface area contributed by atoms with Gasteiger partial charge in [-0.15, -0.1) is 0 Å². The number of benzene rings is 2. The van der Waals surface area contributed by atoms with Gasteiger partial charge in [0.1, 0.15) is 0 Å². The van der Waals surface area contributed by atoms with Crippen molar-refractivity contribution in [2.24, 2.45) is 0 Å². The van der Waals surface area contributed by atoms with Crippen molar-refractivity contribution in [3.8, 4) is 0 Å². The van der Waals surface area contributed by atoms with Gasteiger partial charge in [0.15, 0.2) is 0 Å². The Labute approximate surface area is 148 Å². The molecular formula is C21H23N3O. The zero-order chi connectivity index (χ0) is 17.5. The van der Waals surface area contributed by atoms with Crippen LogP contribution in [0, 0.1) is 0 Å². The van der Waals surface area contributed by atoms with Gasteiger partial charge >= 0.3 is 0 Å². The Bertz CT molecular complexity index is 797. The first-order valence-corrected chi connectivity index (χ1v) is 8.62. The molecule has 0 aliphatic heterocycles. The highest BCUT2D eigenvalue weighted by Gasteiger charge is 2.17. The average Bonchev–Trinajstić information content (AvgIpc) is 3.15. The topological polar surface area (TPSA) is 46.9 Å². The quantitative estimate of drug-likeness (QED) is 0.716. The number of nitrogens with one attached hydrogen (secondary N) is 1. The van der Waals surface area contributed by atoms with Crippen LogP contribution in [0.2, 0.25) is 0 Å². The maximum Gasteiger partial charge on any atom is 0.227 e. The molecule has 3 aromatic rings.